The van der Waals surface area contributed by atoms with Gasteiger partial charge in [0.05, 0.1) is 12.1 Å². The quantitative estimate of drug-likeness (QED) is 0.504. The Balaban J connectivity index is 1.50. The van der Waals surface area contributed by atoms with Gasteiger partial charge in [-0.25, -0.2) is 9.37 Å². The van der Waals surface area contributed by atoms with Crippen molar-refractivity contribution in [2.45, 2.75) is 36.3 Å². The number of anilines is 1. The van der Waals surface area contributed by atoms with E-state index in [-0.39, 0.29) is 18.1 Å². The molecule has 6 heteroatoms. The zero-order valence-corrected chi connectivity index (χ0v) is 16.9. The maximum absolute atomic E-state index is 12.9. The lowest BCUT2D eigenvalue weighted by Gasteiger charge is -2.08. The van der Waals surface area contributed by atoms with E-state index in [2.05, 4.69) is 24.1 Å². The maximum atomic E-state index is 12.9. The normalized spacial score (nSPS) is 11.0. The maximum Gasteiger partial charge on any atom is 0.230 e. The molecule has 0 spiro atoms. The molecule has 0 saturated heterocycles. The van der Waals surface area contributed by atoms with Gasteiger partial charge in [-0.2, -0.15) is 0 Å². The van der Waals surface area contributed by atoms with Crippen molar-refractivity contribution in [2.24, 2.45) is 0 Å². The van der Waals surface area contributed by atoms with Crippen LogP contribution in [0.4, 0.5) is 10.1 Å². The highest BCUT2D eigenvalue weighted by Gasteiger charge is 2.09. The molecular formula is C21H21FN2OS2. The number of halogens is 1. The average Bonchev–Trinajstić information content (AvgIpc) is 3.09. The number of thioether (sulfide) groups is 1. The van der Waals surface area contributed by atoms with Gasteiger partial charge in [0.2, 0.25) is 5.91 Å². The van der Waals surface area contributed by atoms with Crippen molar-refractivity contribution in [3.8, 4) is 0 Å². The van der Waals surface area contributed by atoms with Gasteiger partial charge in [-0.3, -0.25) is 4.79 Å². The molecule has 3 nitrogen and oxygen atoms in total. The summed E-state index contributed by atoms with van der Waals surface area (Å²) in [6, 6.07) is 14.4. The predicted octanol–water partition coefficient (Wildman–Crippen LogP) is 5.88. The summed E-state index contributed by atoms with van der Waals surface area (Å²) in [5, 5.41) is 4.82. The minimum Gasteiger partial charge on any atom is -0.326 e. The van der Waals surface area contributed by atoms with Crippen LogP contribution < -0.4 is 5.32 Å². The number of thiazole rings is 1. The molecule has 0 aliphatic rings. The molecule has 0 aliphatic carbocycles. The van der Waals surface area contributed by atoms with Gasteiger partial charge in [-0.05, 0) is 41.3 Å². The number of rotatable bonds is 7. The van der Waals surface area contributed by atoms with Crippen molar-refractivity contribution in [1.82, 2.24) is 4.98 Å². The Morgan fingerprint density at radius 3 is 2.52 bits per heavy atom. The minimum absolute atomic E-state index is 0.0762. The third-order valence-electron chi connectivity index (χ3n) is 4.01. The Labute approximate surface area is 167 Å². The zero-order chi connectivity index (χ0) is 19.2. The van der Waals surface area contributed by atoms with Gasteiger partial charge in [-0.1, -0.05) is 49.9 Å². The number of carbonyl (C=O) groups is 1. The molecule has 0 radical (unpaired) electrons. The molecule has 0 bridgehead atoms. The van der Waals surface area contributed by atoms with Gasteiger partial charge in [0.25, 0.3) is 0 Å². The second-order valence-electron chi connectivity index (χ2n) is 6.52. The minimum atomic E-state index is -0.231. The molecule has 2 aromatic carbocycles. The first-order chi connectivity index (χ1) is 13.0. The van der Waals surface area contributed by atoms with Crippen LogP contribution in [0.15, 0.2) is 58.3 Å². The van der Waals surface area contributed by atoms with Crippen LogP contribution in [0.25, 0.3) is 0 Å². The molecule has 3 rings (SSSR count). The van der Waals surface area contributed by atoms with Crippen molar-refractivity contribution >= 4 is 34.7 Å². The van der Waals surface area contributed by atoms with Crippen LogP contribution in [0.2, 0.25) is 0 Å². The number of benzene rings is 2. The van der Waals surface area contributed by atoms with Crippen molar-refractivity contribution in [2.75, 3.05) is 5.32 Å². The molecular weight excluding hydrogens is 379 g/mol. The van der Waals surface area contributed by atoms with E-state index in [0.29, 0.717) is 5.92 Å². The monoisotopic (exact) mass is 400 g/mol. The summed E-state index contributed by atoms with van der Waals surface area (Å²) in [4.78, 5) is 16.7. The van der Waals surface area contributed by atoms with Crippen LogP contribution in [-0.2, 0) is 17.0 Å². The lowest BCUT2D eigenvalue weighted by atomic mass is 10.0. The average molecular weight is 401 g/mol. The predicted molar refractivity (Wildman–Crippen MR) is 111 cm³/mol. The van der Waals surface area contributed by atoms with Crippen molar-refractivity contribution in [3.05, 3.63) is 76.5 Å². The Hall–Kier alpha value is -2.18. The third kappa shape index (κ3) is 5.91. The molecule has 0 fully saturated rings. The fraction of sp³-hybridized carbons (Fsp3) is 0.238. The highest BCUT2D eigenvalue weighted by atomic mass is 32.2. The first-order valence-corrected chi connectivity index (χ1v) is 10.6. The van der Waals surface area contributed by atoms with Crippen LogP contribution in [0.1, 0.15) is 36.6 Å². The molecule has 1 amide bonds. The SMILES string of the molecule is CC(C)c1ccc(NC(=O)Cc2csc(SCc3ccc(F)cc3)n2)cc1. The van der Waals surface area contributed by atoms with Crippen molar-refractivity contribution in [1.29, 1.82) is 0 Å². The first-order valence-electron chi connectivity index (χ1n) is 8.71. The molecule has 3 aromatic rings. The van der Waals surface area contributed by atoms with E-state index in [4.69, 9.17) is 0 Å². The number of nitrogens with zero attached hydrogens (tertiary/aromatic N) is 1. The summed E-state index contributed by atoms with van der Waals surface area (Å²) in [5.74, 6) is 0.884. The summed E-state index contributed by atoms with van der Waals surface area (Å²) in [5.41, 5.74) is 3.85. The van der Waals surface area contributed by atoms with E-state index in [1.165, 1.54) is 29.0 Å². The second-order valence-corrected chi connectivity index (χ2v) is 8.60. The fourth-order valence-electron chi connectivity index (χ4n) is 2.48. The molecule has 1 heterocycles. The zero-order valence-electron chi connectivity index (χ0n) is 15.2. The molecule has 1 N–H and O–H groups in total. The second kappa shape index (κ2) is 9.15. The van der Waals surface area contributed by atoms with Gasteiger partial charge in [0.1, 0.15) is 10.2 Å². The van der Waals surface area contributed by atoms with Crippen LogP contribution in [0, 0.1) is 5.82 Å². The Bertz CT molecular complexity index is 889. The van der Waals surface area contributed by atoms with Gasteiger partial charge in [0.15, 0.2) is 0 Å². The molecule has 27 heavy (non-hydrogen) atoms. The number of nitrogens with one attached hydrogen (secondary N) is 1. The summed E-state index contributed by atoms with van der Waals surface area (Å²) in [6.07, 6.45) is 0.250. The standard InChI is InChI=1S/C21H21FN2OS2/c1-14(2)16-5-9-18(10-6-16)23-20(25)11-19-13-27-21(24-19)26-12-15-3-7-17(22)8-4-15/h3-10,13-14H,11-12H2,1-2H3,(H,23,25). The smallest absolute Gasteiger partial charge is 0.230 e. The summed E-state index contributed by atoms with van der Waals surface area (Å²) in [6.45, 7) is 4.28. The van der Waals surface area contributed by atoms with Crippen molar-refractivity contribution < 1.29 is 9.18 Å². The van der Waals surface area contributed by atoms with Crippen LogP contribution in [0.5, 0.6) is 0 Å². The Morgan fingerprint density at radius 2 is 1.85 bits per heavy atom. The van der Waals surface area contributed by atoms with Crippen molar-refractivity contribution in [3.63, 3.8) is 0 Å². The summed E-state index contributed by atoms with van der Waals surface area (Å²) in [7, 11) is 0. The lowest BCUT2D eigenvalue weighted by molar-refractivity contribution is -0.115. The van der Waals surface area contributed by atoms with Crippen LogP contribution in [-0.4, -0.2) is 10.9 Å². The largest absolute Gasteiger partial charge is 0.326 e. The lowest BCUT2D eigenvalue weighted by Crippen LogP contribution is -2.14. The third-order valence-corrected chi connectivity index (χ3v) is 6.15. The number of amides is 1. The van der Waals surface area contributed by atoms with E-state index >= 15 is 0 Å². The highest BCUT2D eigenvalue weighted by molar-refractivity contribution is 8.00. The number of hydrogen-bond donors (Lipinski definition) is 1. The van der Waals surface area contributed by atoms with E-state index < -0.39 is 0 Å². The number of carbonyl (C=O) groups excluding carboxylic acids is 1. The highest BCUT2D eigenvalue weighted by Crippen LogP contribution is 2.26. The van der Waals surface area contributed by atoms with Gasteiger partial charge in [0, 0.05) is 16.8 Å². The molecule has 0 unspecified atom stereocenters. The van der Waals surface area contributed by atoms with Crippen LogP contribution in [0.3, 0.4) is 0 Å². The molecule has 0 aliphatic heterocycles. The summed E-state index contributed by atoms with van der Waals surface area (Å²) >= 11 is 3.11. The summed E-state index contributed by atoms with van der Waals surface area (Å²) < 4.78 is 13.8. The molecule has 140 valence electrons. The van der Waals surface area contributed by atoms with Crippen LogP contribution >= 0.6 is 23.1 Å². The topological polar surface area (TPSA) is 42.0 Å². The molecule has 0 atom stereocenters. The van der Waals surface area contributed by atoms with E-state index in [1.54, 1.807) is 23.9 Å². The fourth-order valence-corrected chi connectivity index (χ4v) is 4.28. The number of hydrogen-bond acceptors (Lipinski definition) is 4. The Morgan fingerprint density at radius 1 is 1.15 bits per heavy atom. The van der Waals surface area contributed by atoms with E-state index in [0.717, 1.165) is 27.0 Å². The molecule has 1 aromatic heterocycles. The first kappa shape index (κ1) is 19.6. The Kier molecular flexibility index (Phi) is 6.63. The van der Waals surface area contributed by atoms with E-state index in [1.807, 2.05) is 29.6 Å². The van der Waals surface area contributed by atoms with Gasteiger partial charge >= 0.3 is 0 Å². The van der Waals surface area contributed by atoms with Gasteiger partial charge in [-0.15, -0.1) is 11.3 Å². The van der Waals surface area contributed by atoms with Gasteiger partial charge < -0.3 is 5.32 Å². The molecule has 0 saturated carbocycles. The van der Waals surface area contributed by atoms with E-state index in [9.17, 15) is 9.18 Å². The number of aromatic nitrogens is 1.